The maximum absolute atomic E-state index is 15.0. The van der Waals surface area contributed by atoms with Gasteiger partial charge in [0.25, 0.3) is 0 Å². The number of carbonyl (C=O) groups is 2. The first-order chi connectivity index (χ1) is 14.9. The lowest BCUT2D eigenvalue weighted by Crippen LogP contribution is -2.41. The Morgan fingerprint density at radius 3 is 2.71 bits per heavy atom. The number of aryl methyl sites for hydroxylation is 1. The third-order valence-electron chi connectivity index (χ3n) is 6.09. The molecule has 31 heavy (non-hydrogen) atoms. The zero-order chi connectivity index (χ0) is 22.4. The minimum absolute atomic E-state index is 0.0361. The van der Waals surface area contributed by atoms with Gasteiger partial charge in [-0.15, -0.1) is 0 Å². The summed E-state index contributed by atoms with van der Waals surface area (Å²) in [5, 5.41) is 19.4. The highest BCUT2D eigenvalue weighted by atomic mass is 19.1. The molecule has 0 radical (unpaired) electrons. The Balaban J connectivity index is 1.67. The van der Waals surface area contributed by atoms with Crippen molar-refractivity contribution in [3.8, 4) is 0 Å². The van der Waals surface area contributed by atoms with Crippen molar-refractivity contribution in [1.29, 1.82) is 0 Å². The fourth-order valence-corrected chi connectivity index (χ4v) is 4.42. The summed E-state index contributed by atoms with van der Waals surface area (Å²) < 4.78 is 15.0. The van der Waals surface area contributed by atoms with Gasteiger partial charge in [-0.2, -0.15) is 4.39 Å². The van der Waals surface area contributed by atoms with Gasteiger partial charge in [0.2, 0.25) is 18.1 Å². The summed E-state index contributed by atoms with van der Waals surface area (Å²) in [5.41, 5.74) is 5.03. The Bertz CT molecular complexity index is 776. The molecule has 0 spiro atoms. The van der Waals surface area contributed by atoms with E-state index in [2.05, 4.69) is 20.8 Å². The van der Waals surface area contributed by atoms with E-state index in [1.807, 2.05) is 0 Å². The topological polar surface area (TPSA) is 131 Å². The van der Waals surface area contributed by atoms with E-state index in [4.69, 9.17) is 0 Å². The van der Waals surface area contributed by atoms with Gasteiger partial charge in [-0.25, -0.2) is 15.0 Å². The molecule has 172 valence electrons. The Labute approximate surface area is 180 Å². The summed E-state index contributed by atoms with van der Waals surface area (Å²) in [6, 6.07) is 0. The van der Waals surface area contributed by atoms with Crippen molar-refractivity contribution in [2.75, 3.05) is 36.6 Å². The molecule has 4 N–H and O–H groups in total. The second-order valence-electron chi connectivity index (χ2n) is 8.47. The van der Waals surface area contributed by atoms with Gasteiger partial charge < -0.3 is 10.0 Å². The van der Waals surface area contributed by atoms with Crippen LogP contribution >= 0.6 is 0 Å². The predicted molar refractivity (Wildman–Crippen MR) is 111 cm³/mol. The standard InChI is InChI=1S/C20H31FN6O4/c1-13-22-18(17(21)19(23-13)26-7-6-15(9-26)11-28)24-25-20(30)16(10-27(31)12-29)8-14-4-2-3-5-14/h12,14-16,28,31H,2-11H2,1H3,(H,25,30)(H,22,23,24)/t15-,16-/m1/s1. The SMILES string of the molecule is Cc1nc(NNC(=O)[C@H](CC2CCCC2)CN(O)C=O)c(F)c(N2CC[C@@H](CO)C2)n1. The maximum atomic E-state index is 15.0. The maximum Gasteiger partial charge on any atom is 0.243 e. The Hall–Kier alpha value is -2.53. The Morgan fingerprint density at radius 1 is 1.32 bits per heavy atom. The summed E-state index contributed by atoms with van der Waals surface area (Å²) >= 11 is 0. The van der Waals surface area contributed by atoms with Gasteiger partial charge in [0.05, 0.1) is 12.5 Å². The van der Waals surface area contributed by atoms with Crippen LogP contribution in [0.4, 0.5) is 16.0 Å². The molecule has 2 heterocycles. The van der Waals surface area contributed by atoms with E-state index in [0.717, 1.165) is 32.1 Å². The summed E-state index contributed by atoms with van der Waals surface area (Å²) in [4.78, 5) is 33.6. The normalized spacial score (nSPS) is 20.0. The van der Waals surface area contributed by atoms with E-state index in [1.165, 1.54) is 0 Å². The zero-order valence-corrected chi connectivity index (χ0v) is 17.8. The number of carbonyl (C=O) groups excluding carboxylic acids is 2. The molecule has 1 saturated heterocycles. The number of aliphatic hydroxyl groups is 1. The molecule has 0 aromatic carbocycles. The third kappa shape index (κ3) is 6.01. The van der Waals surface area contributed by atoms with E-state index in [0.29, 0.717) is 36.3 Å². The van der Waals surface area contributed by atoms with Crippen LogP contribution < -0.4 is 15.8 Å². The second kappa shape index (κ2) is 10.7. The smallest absolute Gasteiger partial charge is 0.243 e. The van der Waals surface area contributed by atoms with Crippen LogP contribution in [0, 0.1) is 30.5 Å². The Kier molecular flexibility index (Phi) is 7.97. The van der Waals surface area contributed by atoms with Crippen LogP contribution in [0.5, 0.6) is 0 Å². The minimum atomic E-state index is -0.687. The highest BCUT2D eigenvalue weighted by molar-refractivity contribution is 5.80. The van der Waals surface area contributed by atoms with Gasteiger partial charge in [0, 0.05) is 25.6 Å². The molecule has 3 rings (SSSR count). The molecule has 10 nitrogen and oxygen atoms in total. The van der Waals surface area contributed by atoms with Gasteiger partial charge >= 0.3 is 0 Å². The number of halogens is 1. The van der Waals surface area contributed by atoms with Crippen molar-refractivity contribution in [2.45, 2.75) is 45.4 Å². The molecule has 0 bridgehead atoms. The quantitative estimate of drug-likeness (QED) is 0.244. The van der Waals surface area contributed by atoms with E-state index >= 15 is 4.39 Å². The molecule has 2 aliphatic rings. The monoisotopic (exact) mass is 438 g/mol. The first kappa shape index (κ1) is 23.1. The van der Waals surface area contributed by atoms with Gasteiger partial charge in [-0.1, -0.05) is 25.7 Å². The summed E-state index contributed by atoms with van der Waals surface area (Å²) in [7, 11) is 0. The fraction of sp³-hybridized carbons (Fsp3) is 0.700. The molecule has 2 atom stereocenters. The van der Waals surface area contributed by atoms with Gasteiger partial charge in [0.1, 0.15) is 5.82 Å². The predicted octanol–water partition coefficient (Wildman–Crippen LogP) is 1.23. The van der Waals surface area contributed by atoms with Crippen LogP contribution in [0.2, 0.25) is 0 Å². The molecule has 1 aliphatic heterocycles. The van der Waals surface area contributed by atoms with Crippen molar-refractivity contribution in [1.82, 2.24) is 20.5 Å². The Morgan fingerprint density at radius 2 is 2.06 bits per heavy atom. The lowest BCUT2D eigenvalue weighted by atomic mass is 9.92. The molecule has 1 aromatic rings. The van der Waals surface area contributed by atoms with Gasteiger partial charge in [-0.05, 0) is 25.7 Å². The van der Waals surface area contributed by atoms with Crippen LogP contribution in [0.1, 0.15) is 44.3 Å². The van der Waals surface area contributed by atoms with E-state index in [-0.39, 0.29) is 37.1 Å². The fourth-order valence-electron chi connectivity index (χ4n) is 4.42. The number of nitrogens with zero attached hydrogens (tertiary/aromatic N) is 4. The van der Waals surface area contributed by atoms with Crippen LogP contribution in [-0.2, 0) is 9.59 Å². The molecule has 1 aliphatic carbocycles. The van der Waals surface area contributed by atoms with E-state index in [1.54, 1.807) is 11.8 Å². The number of hydroxylamine groups is 2. The second-order valence-corrected chi connectivity index (χ2v) is 8.47. The van der Waals surface area contributed by atoms with Crippen molar-refractivity contribution in [3.63, 3.8) is 0 Å². The molecular formula is C20H31FN6O4. The molecule has 1 aromatic heterocycles. The molecular weight excluding hydrogens is 407 g/mol. The first-order valence-electron chi connectivity index (χ1n) is 10.8. The lowest BCUT2D eigenvalue weighted by Gasteiger charge is -2.23. The number of amides is 2. The lowest BCUT2D eigenvalue weighted by molar-refractivity contribution is -0.154. The average molecular weight is 439 g/mol. The highest BCUT2D eigenvalue weighted by Crippen LogP contribution is 2.31. The molecule has 1 saturated carbocycles. The number of anilines is 2. The molecule has 11 heteroatoms. The summed E-state index contributed by atoms with van der Waals surface area (Å²) in [5.74, 6) is -1.04. The first-order valence-corrected chi connectivity index (χ1v) is 10.8. The van der Waals surface area contributed by atoms with Crippen molar-refractivity contribution in [2.24, 2.45) is 17.8 Å². The highest BCUT2D eigenvalue weighted by Gasteiger charge is 2.29. The molecule has 2 fully saturated rings. The number of aromatic nitrogens is 2. The van der Waals surface area contributed by atoms with Crippen LogP contribution in [0.25, 0.3) is 0 Å². The zero-order valence-electron chi connectivity index (χ0n) is 17.8. The number of hydrogen-bond donors (Lipinski definition) is 4. The minimum Gasteiger partial charge on any atom is -0.396 e. The number of hydrazine groups is 1. The summed E-state index contributed by atoms with van der Waals surface area (Å²) in [6.07, 6.45) is 5.78. The van der Waals surface area contributed by atoms with E-state index < -0.39 is 17.6 Å². The van der Waals surface area contributed by atoms with Crippen molar-refractivity contribution in [3.05, 3.63) is 11.6 Å². The van der Waals surface area contributed by atoms with Crippen LogP contribution in [0.3, 0.4) is 0 Å². The van der Waals surface area contributed by atoms with Gasteiger partial charge in [-0.3, -0.25) is 25.6 Å². The van der Waals surface area contributed by atoms with Crippen LogP contribution in [0.15, 0.2) is 0 Å². The van der Waals surface area contributed by atoms with Crippen LogP contribution in [-0.4, -0.2) is 63.9 Å². The van der Waals surface area contributed by atoms with E-state index in [9.17, 15) is 19.9 Å². The number of nitrogens with one attached hydrogen (secondary N) is 2. The molecule has 0 unspecified atom stereocenters. The number of hydrogen-bond acceptors (Lipinski definition) is 8. The van der Waals surface area contributed by atoms with Crippen molar-refractivity contribution < 1.29 is 24.3 Å². The number of aliphatic hydroxyl groups excluding tert-OH is 1. The summed E-state index contributed by atoms with van der Waals surface area (Å²) in [6.45, 7) is 2.60. The van der Waals surface area contributed by atoms with Gasteiger partial charge in [0.15, 0.2) is 11.6 Å². The third-order valence-corrected chi connectivity index (χ3v) is 6.09. The largest absolute Gasteiger partial charge is 0.396 e. The van der Waals surface area contributed by atoms with Crippen molar-refractivity contribution >= 4 is 24.0 Å². The molecule has 2 amide bonds. The average Bonchev–Trinajstić information content (AvgIpc) is 3.45. The number of rotatable bonds is 10.